The number of hydrogen-bond acceptors (Lipinski definition) is 3. The number of aromatic nitrogens is 2. The van der Waals surface area contributed by atoms with Gasteiger partial charge in [0.2, 0.25) is 0 Å². The van der Waals surface area contributed by atoms with Gasteiger partial charge in [0.05, 0.1) is 11.3 Å². The zero-order chi connectivity index (χ0) is 11.8. The second-order valence-electron chi connectivity index (χ2n) is 4.67. The van der Waals surface area contributed by atoms with E-state index in [1.54, 1.807) is 4.68 Å². The third kappa shape index (κ3) is 2.68. The minimum atomic E-state index is -0.0419. The van der Waals surface area contributed by atoms with Gasteiger partial charge in [-0.3, -0.25) is 4.68 Å². The Morgan fingerprint density at radius 3 is 2.40 bits per heavy atom. The van der Waals surface area contributed by atoms with Gasteiger partial charge >= 0.3 is 0 Å². The van der Waals surface area contributed by atoms with E-state index in [2.05, 4.69) is 31.2 Å². The first-order valence-corrected chi connectivity index (χ1v) is 5.25. The lowest BCUT2D eigenvalue weighted by Gasteiger charge is -2.22. The van der Waals surface area contributed by atoms with E-state index >= 15 is 0 Å². The van der Waals surface area contributed by atoms with Crippen LogP contribution in [0.5, 0.6) is 0 Å². The molecule has 15 heavy (non-hydrogen) atoms. The zero-order valence-corrected chi connectivity index (χ0v) is 10.7. The summed E-state index contributed by atoms with van der Waals surface area (Å²) in [6, 6.07) is 0. The van der Waals surface area contributed by atoms with Gasteiger partial charge in [-0.15, -0.1) is 0 Å². The highest BCUT2D eigenvalue weighted by atomic mass is 32.1. The number of nitrogens with one attached hydrogen (secondary N) is 1. The SMILES string of the molecule is Cc1nn(C)c(NC(C)(C)C)c1C(N)=S. The van der Waals surface area contributed by atoms with Crippen LogP contribution in [0.4, 0.5) is 5.82 Å². The normalized spacial score (nSPS) is 11.5. The standard InChI is InChI=1S/C10H18N4S/c1-6-7(8(11)15)9(14(5)13-6)12-10(2,3)4/h12H,1-5H3,(H2,11,15). The van der Waals surface area contributed by atoms with Crippen molar-refractivity contribution in [2.45, 2.75) is 33.2 Å². The first kappa shape index (κ1) is 12.0. The Hall–Kier alpha value is -1.10. The lowest BCUT2D eigenvalue weighted by atomic mass is 10.1. The molecular formula is C10H18N4S. The van der Waals surface area contributed by atoms with Crippen LogP contribution in [0.25, 0.3) is 0 Å². The van der Waals surface area contributed by atoms with Crippen LogP contribution < -0.4 is 11.1 Å². The molecule has 4 nitrogen and oxygen atoms in total. The summed E-state index contributed by atoms with van der Waals surface area (Å²) in [5, 5.41) is 7.66. The van der Waals surface area contributed by atoms with Crippen molar-refractivity contribution in [2.75, 3.05) is 5.32 Å². The number of rotatable bonds is 2. The predicted octanol–water partition coefficient (Wildman–Crippen LogP) is 1.57. The molecule has 5 heteroatoms. The lowest BCUT2D eigenvalue weighted by molar-refractivity contribution is 0.616. The van der Waals surface area contributed by atoms with Crippen LogP contribution in [0, 0.1) is 6.92 Å². The van der Waals surface area contributed by atoms with E-state index in [-0.39, 0.29) is 5.54 Å². The average molecular weight is 226 g/mol. The van der Waals surface area contributed by atoms with Gasteiger partial charge in [0, 0.05) is 12.6 Å². The molecule has 3 N–H and O–H groups in total. The molecule has 0 aromatic carbocycles. The van der Waals surface area contributed by atoms with E-state index < -0.39 is 0 Å². The first-order chi connectivity index (χ1) is 6.72. The topological polar surface area (TPSA) is 55.9 Å². The number of hydrogen-bond donors (Lipinski definition) is 2. The second kappa shape index (κ2) is 3.81. The molecule has 0 spiro atoms. The molecule has 1 aromatic rings. The maximum absolute atomic E-state index is 5.69. The summed E-state index contributed by atoms with van der Waals surface area (Å²) in [5.74, 6) is 0.882. The molecular weight excluding hydrogens is 208 g/mol. The Morgan fingerprint density at radius 1 is 1.47 bits per heavy atom. The highest BCUT2D eigenvalue weighted by molar-refractivity contribution is 7.80. The number of nitrogens with two attached hydrogens (primary N) is 1. The van der Waals surface area contributed by atoms with Gasteiger partial charge in [-0.25, -0.2) is 0 Å². The Morgan fingerprint density at radius 2 is 2.00 bits per heavy atom. The van der Waals surface area contributed by atoms with Crippen molar-refractivity contribution in [1.29, 1.82) is 0 Å². The van der Waals surface area contributed by atoms with Gasteiger partial charge in [-0.2, -0.15) is 5.10 Å². The number of aryl methyl sites for hydroxylation is 2. The van der Waals surface area contributed by atoms with E-state index in [9.17, 15) is 0 Å². The zero-order valence-electron chi connectivity index (χ0n) is 9.88. The Balaban J connectivity index is 3.21. The molecule has 0 aliphatic carbocycles. The van der Waals surface area contributed by atoms with Crippen LogP contribution in [0.3, 0.4) is 0 Å². The van der Waals surface area contributed by atoms with Crippen molar-refractivity contribution in [2.24, 2.45) is 12.8 Å². The molecule has 0 fully saturated rings. The van der Waals surface area contributed by atoms with Crippen molar-refractivity contribution in [1.82, 2.24) is 9.78 Å². The van der Waals surface area contributed by atoms with E-state index in [4.69, 9.17) is 18.0 Å². The maximum atomic E-state index is 5.69. The molecule has 0 amide bonds. The molecule has 84 valence electrons. The van der Waals surface area contributed by atoms with Gasteiger partial charge in [0.25, 0.3) is 0 Å². The van der Waals surface area contributed by atoms with E-state index in [1.165, 1.54) is 0 Å². The molecule has 0 unspecified atom stereocenters. The smallest absolute Gasteiger partial charge is 0.134 e. The van der Waals surface area contributed by atoms with Gasteiger partial charge in [-0.05, 0) is 27.7 Å². The summed E-state index contributed by atoms with van der Waals surface area (Å²) in [7, 11) is 1.88. The second-order valence-corrected chi connectivity index (χ2v) is 5.11. The summed E-state index contributed by atoms with van der Waals surface area (Å²) >= 11 is 5.02. The minimum Gasteiger partial charge on any atom is -0.389 e. The maximum Gasteiger partial charge on any atom is 0.134 e. The Bertz CT molecular complexity index is 387. The number of anilines is 1. The van der Waals surface area contributed by atoms with Crippen molar-refractivity contribution >= 4 is 23.0 Å². The van der Waals surface area contributed by atoms with Gasteiger partial charge < -0.3 is 11.1 Å². The third-order valence-corrected chi connectivity index (χ3v) is 2.17. The van der Waals surface area contributed by atoms with Crippen LogP contribution in [-0.2, 0) is 7.05 Å². The van der Waals surface area contributed by atoms with E-state index in [0.29, 0.717) is 4.99 Å². The molecule has 0 atom stereocenters. The molecule has 1 rings (SSSR count). The van der Waals surface area contributed by atoms with Crippen molar-refractivity contribution < 1.29 is 0 Å². The quantitative estimate of drug-likeness (QED) is 0.752. The fraction of sp³-hybridized carbons (Fsp3) is 0.600. The lowest BCUT2D eigenvalue weighted by Crippen LogP contribution is -2.29. The van der Waals surface area contributed by atoms with Crippen molar-refractivity contribution in [3.8, 4) is 0 Å². The third-order valence-electron chi connectivity index (χ3n) is 1.96. The van der Waals surface area contributed by atoms with Crippen LogP contribution in [0.15, 0.2) is 0 Å². The highest BCUT2D eigenvalue weighted by Gasteiger charge is 2.19. The van der Waals surface area contributed by atoms with Crippen molar-refractivity contribution in [3.63, 3.8) is 0 Å². The number of thiocarbonyl (C=S) groups is 1. The molecule has 0 aliphatic heterocycles. The summed E-state index contributed by atoms with van der Waals surface area (Å²) < 4.78 is 1.77. The monoisotopic (exact) mass is 226 g/mol. The largest absolute Gasteiger partial charge is 0.389 e. The average Bonchev–Trinajstić information content (AvgIpc) is 2.23. The van der Waals surface area contributed by atoms with Gasteiger partial charge in [0.1, 0.15) is 10.8 Å². The molecule has 1 heterocycles. The molecule has 0 radical (unpaired) electrons. The molecule has 0 saturated carbocycles. The van der Waals surface area contributed by atoms with Crippen LogP contribution in [0.2, 0.25) is 0 Å². The molecule has 0 saturated heterocycles. The highest BCUT2D eigenvalue weighted by Crippen LogP contribution is 2.22. The molecule has 0 aliphatic rings. The number of nitrogens with zero attached hydrogens (tertiary/aromatic N) is 2. The first-order valence-electron chi connectivity index (χ1n) is 4.84. The Kier molecular flexibility index (Phi) is 3.04. The summed E-state index contributed by atoms with van der Waals surface area (Å²) in [6.07, 6.45) is 0. The predicted molar refractivity (Wildman–Crippen MR) is 67.2 cm³/mol. The summed E-state index contributed by atoms with van der Waals surface area (Å²) in [4.78, 5) is 0.382. The van der Waals surface area contributed by atoms with E-state index in [1.807, 2.05) is 14.0 Å². The van der Waals surface area contributed by atoms with Gasteiger partial charge in [0.15, 0.2) is 0 Å². The van der Waals surface area contributed by atoms with Crippen molar-refractivity contribution in [3.05, 3.63) is 11.3 Å². The van der Waals surface area contributed by atoms with Gasteiger partial charge in [-0.1, -0.05) is 12.2 Å². The Labute approximate surface area is 95.8 Å². The van der Waals surface area contributed by atoms with Crippen LogP contribution in [-0.4, -0.2) is 20.3 Å². The fourth-order valence-electron chi connectivity index (χ4n) is 1.45. The van der Waals surface area contributed by atoms with Crippen LogP contribution in [0.1, 0.15) is 32.0 Å². The summed E-state index contributed by atoms with van der Waals surface area (Å²) in [6.45, 7) is 8.15. The fourth-order valence-corrected chi connectivity index (χ4v) is 1.70. The molecule has 1 aromatic heterocycles. The minimum absolute atomic E-state index is 0.0419. The summed E-state index contributed by atoms with van der Waals surface area (Å²) in [5.41, 5.74) is 7.34. The van der Waals surface area contributed by atoms with Crippen LogP contribution >= 0.6 is 12.2 Å². The molecule has 0 bridgehead atoms. The van der Waals surface area contributed by atoms with E-state index in [0.717, 1.165) is 17.1 Å².